The summed E-state index contributed by atoms with van der Waals surface area (Å²) in [6.07, 6.45) is 5.15. The van der Waals surface area contributed by atoms with Gasteiger partial charge in [-0.3, -0.25) is 9.59 Å². The Morgan fingerprint density at radius 1 is 1.18 bits per heavy atom. The number of amides is 2. The van der Waals surface area contributed by atoms with E-state index in [1.807, 2.05) is 4.90 Å². The highest BCUT2D eigenvalue weighted by Crippen LogP contribution is 2.34. The van der Waals surface area contributed by atoms with E-state index in [1.165, 1.54) is 19.3 Å². The number of likely N-dealkylation sites (tertiary alicyclic amines) is 1. The Morgan fingerprint density at radius 3 is 2.59 bits per heavy atom. The fourth-order valence-electron chi connectivity index (χ4n) is 3.02. The van der Waals surface area contributed by atoms with Crippen LogP contribution in [0.5, 0.6) is 5.75 Å². The highest BCUT2D eigenvalue weighted by atomic mass is 16.5. The minimum atomic E-state index is -0.575. The number of rotatable bonds is 1. The second-order valence-corrected chi connectivity index (χ2v) is 5.99. The number of benzene rings is 1. The molecule has 0 aliphatic carbocycles. The quantitative estimate of drug-likeness (QED) is 0.868. The molecule has 0 aromatic heterocycles. The summed E-state index contributed by atoms with van der Waals surface area (Å²) < 4.78 is 5.68. The van der Waals surface area contributed by atoms with Crippen molar-refractivity contribution in [3.8, 4) is 5.75 Å². The van der Waals surface area contributed by atoms with Gasteiger partial charge in [0, 0.05) is 13.1 Å². The molecule has 2 heterocycles. The lowest BCUT2D eigenvalue weighted by molar-refractivity contribution is -0.122. The monoisotopic (exact) mass is 302 g/mol. The van der Waals surface area contributed by atoms with Crippen LogP contribution < -0.4 is 10.1 Å². The van der Waals surface area contributed by atoms with Crippen LogP contribution in [0.3, 0.4) is 0 Å². The molecule has 3 rings (SSSR count). The molecule has 22 heavy (non-hydrogen) atoms. The van der Waals surface area contributed by atoms with Gasteiger partial charge in [-0.2, -0.15) is 0 Å². The molecule has 118 valence electrons. The van der Waals surface area contributed by atoms with Crippen molar-refractivity contribution in [3.63, 3.8) is 0 Å². The van der Waals surface area contributed by atoms with Crippen LogP contribution in [-0.4, -0.2) is 35.9 Å². The number of carbonyl (C=O) groups is 2. The molecule has 1 N–H and O–H groups in total. The average molecular weight is 302 g/mol. The first kappa shape index (κ1) is 14.9. The number of fused-ring (bicyclic) bond motifs is 1. The Bertz CT molecular complexity index is 577. The maximum Gasteiger partial charge on any atom is 0.265 e. The zero-order chi connectivity index (χ0) is 15.5. The molecule has 1 saturated heterocycles. The summed E-state index contributed by atoms with van der Waals surface area (Å²) in [4.78, 5) is 26.5. The van der Waals surface area contributed by atoms with Crippen molar-refractivity contribution in [1.82, 2.24) is 4.90 Å². The number of para-hydroxylation sites is 1. The zero-order valence-electron chi connectivity index (χ0n) is 12.9. The fraction of sp³-hybridized carbons (Fsp3) is 0.529. The summed E-state index contributed by atoms with van der Waals surface area (Å²) in [5.41, 5.74) is 1.13. The van der Waals surface area contributed by atoms with Crippen LogP contribution in [0.2, 0.25) is 0 Å². The van der Waals surface area contributed by atoms with Crippen molar-refractivity contribution in [2.24, 2.45) is 0 Å². The molecule has 5 heteroatoms. The third-order valence-electron chi connectivity index (χ3n) is 4.31. The predicted molar refractivity (Wildman–Crippen MR) is 84.2 cm³/mol. The van der Waals surface area contributed by atoms with E-state index in [0.29, 0.717) is 17.0 Å². The van der Waals surface area contributed by atoms with E-state index in [2.05, 4.69) is 5.32 Å². The normalized spacial score (nSPS) is 22.0. The van der Waals surface area contributed by atoms with Crippen LogP contribution >= 0.6 is 0 Å². The van der Waals surface area contributed by atoms with Crippen LogP contribution in [-0.2, 0) is 4.79 Å². The van der Waals surface area contributed by atoms with E-state index in [9.17, 15) is 9.59 Å². The minimum absolute atomic E-state index is 0.00194. The third kappa shape index (κ3) is 2.93. The van der Waals surface area contributed by atoms with Crippen LogP contribution in [0.15, 0.2) is 18.2 Å². The molecule has 0 radical (unpaired) electrons. The maximum atomic E-state index is 12.9. The molecule has 1 unspecified atom stereocenters. The van der Waals surface area contributed by atoms with E-state index in [1.54, 1.807) is 25.1 Å². The molecule has 0 saturated carbocycles. The number of carbonyl (C=O) groups excluding carboxylic acids is 2. The average Bonchev–Trinajstić information content (AvgIpc) is 2.47. The molecule has 1 fully saturated rings. The summed E-state index contributed by atoms with van der Waals surface area (Å²) in [6, 6.07) is 5.34. The number of anilines is 1. The molecular formula is C17H22N2O3. The van der Waals surface area contributed by atoms with Gasteiger partial charge in [0.05, 0.1) is 11.3 Å². The second kappa shape index (κ2) is 6.38. The van der Waals surface area contributed by atoms with E-state index in [0.717, 1.165) is 25.9 Å². The van der Waals surface area contributed by atoms with E-state index in [4.69, 9.17) is 4.74 Å². The smallest absolute Gasteiger partial charge is 0.265 e. The summed E-state index contributed by atoms with van der Waals surface area (Å²) in [6.45, 7) is 3.28. The van der Waals surface area contributed by atoms with Gasteiger partial charge in [-0.1, -0.05) is 25.3 Å². The first-order valence-corrected chi connectivity index (χ1v) is 8.06. The van der Waals surface area contributed by atoms with E-state index < -0.39 is 6.10 Å². The molecule has 5 nitrogen and oxygen atoms in total. The topological polar surface area (TPSA) is 58.6 Å². The number of nitrogens with one attached hydrogen (secondary N) is 1. The van der Waals surface area contributed by atoms with Crippen molar-refractivity contribution < 1.29 is 14.3 Å². The van der Waals surface area contributed by atoms with Crippen molar-refractivity contribution in [2.75, 3.05) is 18.4 Å². The summed E-state index contributed by atoms with van der Waals surface area (Å²) in [5, 5.41) is 2.80. The molecule has 1 aromatic rings. The van der Waals surface area contributed by atoms with Gasteiger partial charge in [-0.15, -0.1) is 0 Å². The number of hydrogen-bond donors (Lipinski definition) is 1. The highest BCUT2D eigenvalue weighted by Gasteiger charge is 2.29. The van der Waals surface area contributed by atoms with Gasteiger partial charge in [0.2, 0.25) is 0 Å². The molecule has 2 aliphatic heterocycles. The number of hydrogen-bond acceptors (Lipinski definition) is 3. The Morgan fingerprint density at radius 2 is 1.86 bits per heavy atom. The molecule has 1 atom stereocenters. The van der Waals surface area contributed by atoms with Gasteiger partial charge in [0.25, 0.3) is 11.8 Å². The van der Waals surface area contributed by atoms with Crippen LogP contribution in [0.1, 0.15) is 49.4 Å². The van der Waals surface area contributed by atoms with Crippen molar-refractivity contribution >= 4 is 17.5 Å². The SMILES string of the molecule is CC1Oc2c(cccc2C(=O)N2CCCCCCC2)NC1=O. The van der Waals surface area contributed by atoms with E-state index in [-0.39, 0.29) is 11.8 Å². The lowest BCUT2D eigenvalue weighted by atomic mass is 10.1. The Labute approximate surface area is 130 Å². The van der Waals surface area contributed by atoms with Crippen LogP contribution in [0.25, 0.3) is 0 Å². The largest absolute Gasteiger partial charge is 0.478 e. The minimum Gasteiger partial charge on any atom is -0.478 e. The third-order valence-corrected chi connectivity index (χ3v) is 4.31. The molecule has 2 amide bonds. The first-order chi connectivity index (χ1) is 10.7. The van der Waals surface area contributed by atoms with Crippen LogP contribution in [0.4, 0.5) is 5.69 Å². The Hall–Kier alpha value is -2.04. The first-order valence-electron chi connectivity index (χ1n) is 8.06. The Balaban J connectivity index is 1.86. The maximum absolute atomic E-state index is 12.9. The molecule has 1 aromatic carbocycles. The molecule has 2 aliphatic rings. The second-order valence-electron chi connectivity index (χ2n) is 5.99. The number of ether oxygens (including phenoxy) is 1. The Kier molecular flexibility index (Phi) is 4.32. The van der Waals surface area contributed by atoms with Gasteiger partial charge >= 0.3 is 0 Å². The van der Waals surface area contributed by atoms with E-state index >= 15 is 0 Å². The van der Waals surface area contributed by atoms with Gasteiger partial charge < -0.3 is 15.0 Å². The van der Waals surface area contributed by atoms with Crippen molar-refractivity contribution in [1.29, 1.82) is 0 Å². The summed E-state index contributed by atoms with van der Waals surface area (Å²) in [7, 11) is 0. The fourth-order valence-corrected chi connectivity index (χ4v) is 3.02. The van der Waals surface area contributed by atoms with Crippen LogP contribution in [0, 0.1) is 0 Å². The molecule has 0 spiro atoms. The predicted octanol–water partition coefficient (Wildman–Crippen LogP) is 2.81. The van der Waals surface area contributed by atoms with Crippen molar-refractivity contribution in [2.45, 2.75) is 45.1 Å². The molecular weight excluding hydrogens is 280 g/mol. The lowest BCUT2D eigenvalue weighted by Crippen LogP contribution is -2.37. The summed E-state index contributed by atoms with van der Waals surface area (Å²) >= 11 is 0. The highest BCUT2D eigenvalue weighted by molar-refractivity contribution is 6.04. The zero-order valence-corrected chi connectivity index (χ0v) is 12.9. The lowest BCUT2D eigenvalue weighted by Gasteiger charge is -2.28. The van der Waals surface area contributed by atoms with Gasteiger partial charge in [-0.05, 0) is 31.9 Å². The van der Waals surface area contributed by atoms with Gasteiger partial charge in [-0.25, -0.2) is 0 Å². The number of nitrogens with zero attached hydrogens (tertiary/aromatic N) is 1. The standard InChI is InChI=1S/C17H22N2O3/c1-12-16(20)18-14-9-7-8-13(15(14)22-12)17(21)19-10-5-3-2-4-6-11-19/h7-9,12H,2-6,10-11H2,1H3,(H,18,20). The van der Waals surface area contributed by atoms with Gasteiger partial charge in [0.15, 0.2) is 11.9 Å². The molecule has 0 bridgehead atoms. The summed E-state index contributed by atoms with van der Waals surface area (Å²) in [5.74, 6) is 0.326. The van der Waals surface area contributed by atoms with Gasteiger partial charge in [0.1, 0.15) is 0 Å². The van der Waals surface area contributed by atoms with Crippen molar-refractivity contribution in [3.05, 3.63) is 23.8 Å².